The molecule has 0 aromatic rings. The van der Waals surface area contributed by atoms with Crippen LogP contribution in [0.5, 0.6) is 0 Å². The molecule has 0 radical (unpaired) electrons. The van der Waals surface area contributed by atoms with Crippen molar-refractivity contribution in [3.63, 3.8) is 0 Å². The second-order valence-corrected chi connectivity index (χ2v) is 3.83. The van der Waals surface area contributed by atoms with Crippen molar-refractivity contribution < 1.29 is 32.5 Å². The van der Waals surface area contributed by atoms with Crippen molar-refractivity contribution >= 4 is 5.97 Å². The van der Waals surface area contributed by atoms with E-state index in [-0.39, 0.29) is 20.0 Å². The maximum Gasteiger partial charge on any atom is 0.314 e. The summed E-state index contributed by atoms with van der Waals surface area (Å²) in [5, 5.41) is 0. The number of rotatable bonds is 11. The Morgan fingerprint density at radius 2 is 1.90 bits per heavy atom. The van der Waals surface area contributed by atoms with Crippen LogP contribution in [0.2, 0.25) is 0 Å². The van der Waals surface area contributed by atoms with Crippen molar-refractivity contribution in [3.05, 3.63) is 11.8 Å². The van der Waals surface area contributed by atoms with Crippen molar-refractivity contribution in [1.29, 1.82) is 0 Å². The van der Waals surface area contributed by atoms with Crippen LogP contribution < -0.4 is 0 Å². The van der Waals surface area contributed by atoms with Gasteiger partial charge in [-0.05, 0) is 19.4 Å². The van der Waals surface area contributed by atoms with E-state index >= 15 is 0 Å². The topological polar surface area (TPSA) is 54.0 Å². The van der Waals surface area contributed by atoms with Crippen molar-refractivity contribution in [1.82, 2.24) is 0 Å². The molecule has 0 heterocycles. The molecule has 0 amide bonds. The Balaban J connectivity index is 4.40. The molecule has 0 aliphatic rings. The average molecular weight is 296 g/mol. The van der Waals surface area contributed by atoms with Gasteiger partial charge in [0.1, 0.15) is 6.42 Å². The summed E-state index contributed by atoms with van der Waals surface area (Å²) >= 11 is 0. The Labute approximate surface area is 117 Å². The first-order chi connectivity index (χ1) is 9.47. The van der Waals surface area contributed by atoms with Gasteiger partial charge in [0.15, 0.2) is 12.6 Å². The number of hydrogen-bond donors (Lipinski definition) is 0. The number of halogens is 2. The smallest absolute Gasteiger partial charge is 0.314 e. The van der Waals surface area contributed by atoms with E-state index in [1.807, 2.05) is 0 Å². The van der Waals surface area contributed by atoms with Crippen molar-refractivity contribution in [3.8, 4) is 0 Å². The molecular weight excluding hydrogens is 274 g/mol. The van der Waals surface area contributed by atoms with Gasteiger partial charge in [-0.1, -0.05) is 6.92 Å². The van der Waals surface area contributed by atoms with Gasteiger partial charge in [-0.2, -0.15) is 8.78 Å². The van der Waals surface area contributed by atoms with Gasteiger partial charge in [0.05, 0.1) is 19.8 Å². The van der Waals surface area contributed by atoms with Crippen LogP contribution in [0.25, 0.3) is 0 Å². The third-order valence-corrected chi connectivity index (χ3v) is 2.15. The highest BCUT2D eigenvalue weighted by Crippen LogP contribution is 2.29. The molecule has 0 saturated carbocycles. The molecule has 0 N–H and O–H groups in total. The number of esters is 1. The molecule has 0 rings (SSSR count). The third kappa shape index (κ3) is 8.06. The number of carbonyl (C=O) groups excluding carboxylic acids is 1. The van der Waals surface area contributed by atoms with Crippen LogP contribution in [-0.4, -0.2) is 45.6 Å². The fourth-order valence-electron chi connectivity index (χ4n) is 1.29. The van der Waals surface area contributed by atoms with Crippen LogP contribution in [0.1, 0.15) is 26.7 Å². The van der Waals surface area contributed by atoms with Crippen LogP contribution in [0, 0.1) is 0 Å². The molecule has 0 aromatic carbocycles. The maximum atomic E-state index is 13.8. The van der Waals surface area contributed by atoms with Crippen LogP contribution in [-0.2, 0) is 23.7 Å². The van der Waals surface area contributed by atoms with E-state index in [1.165, 1.54) is 13.2 Å². The minimum atomic E-state index is -3.41. The van der Waals surface area contributed by atoms with E-state index in [1.54, 1.807) is 13.8 Å². The van der Waals surface area contributed by atoms with Gasteiger partial charge in [-0.15, -0.1) is 0 Å². The monoisotopic (exact) mass is 296 g/mol. The van der Waals surface area contributed by atoms with Crippen molar-refractivity contribution in [2.24, 2.45) is 0 Å². The van der Waals surface area contributed by atoms with Crippen LogP contribution in [0.15, 0.2) is 11.8 Å². The summed E-state index contributed by atoms with van der Waals surface area (Å²) in [7, 11) is 1.50. The lowest BCUT2D eigenvalue weighted by Gasteiger charge is -2.20. The fourth-order valence-corrected chi connectivity index (χ4v) is 1.29. The predicted octanol–water partition coefficient (Wildman–Crippen LogP) is 2.51. The number of carbonyl (C=O) groups is 1. The lowest BCUT2D eigenvalue weighted by molar-refractivity contribution is -0.153. The van der Waals surface area contributed by atoms with E-state index in [9.17, 15) is 13.6 Å². The van der Waals surface area contributed by atoms with E-state index < -0.39 is 24.1 Å². The second kappa shape index (κ2) is 10.6. The zero-order valence-corrected chi connectivity index (χ0v) is 12.1. The fraction of sp³-hybridized carbons (Fsp3) is 0.769. The molecule has 0 fully saturated rings. The van der Waals surface area contributed by atoms with Gasteiger partial charge in [-0.3, -0.25) is 4.79 Å². The zero-order valence-electron chi connectivity index (χ0n) is 12.1. The number of allylic oxidation sites excluding steroid dienone is 2. The van der Waals surface area contributed by atoms with E-state index in [0.29, 0.717) is 13.0 Å². The molecule has 0 unspecified atom stereocenters. The molecule has 0 atom stereocenters. The first-order valence-corrected chi connectivity index (χ1v) is 6.41. The molecular formula is C13H22F2O5. The maximum absolute atomic E-state index is 13.8. The van der Waals surface area contributed by atoms with E-state index in [2.05, 4.69) is 4.74 Å². The van der Waals surface area contributed by atoms with Gasteiger partial charge in [0, 0.05) is 7.11 Å². The van der Waals surface area contributed by atoms with Crippen LogP contribution in [0.3, 0.4) is 0 Å². The van der Waals surface area contributed by atoms with Crippen LogP contribution >= 0.6 is 0 Å². The Kier molecular flexibility index (Phi) is 9.92. The Morgan fingerprint density at radius 3 is 2.45 bits per heavy atom. The summed E-state index contributed by atoms with van der Waals surface area (Å²) in [4.78, 5) is 11.1. The summed E-state index contributed by atoms with van der Waals surface area (Å²) in [6.45, 7) is 3.56. The molecule has 118 valence electrons. The van der Waals surface area contributed by atoms with Gasteiger partial charge in [0.25, 0.3) is 0 Å². The number of ether oxygens (including phenoxy) is 4. The Morgan fingerprint density at radius 1 is 1.20 bits per heavy atom. The van der Waals surface area contributed by atoms with Gasteiger partial charge in [-0.25, -0.2) is 0 Å². The standard InChI is InChI=1S/C13H22F2O5/c1-4-6-11(20-10-18-8-7-17-3)13(14,15)9-12(16)19-5-2/h6H,4-5,7-10H2,1-3H3/b11-6-. The molecule has 20 heavy (non-hydrogen) atoms. The van der Waals surface area contributed by atoms with E-state index in [4.69, 9.17) is 14.2 Å². The van der Waals surface area contributed by atoms with Gasteiger partial charge in [0.2, 0.25) is 0 Å². The molecule has 0 aromatic heterocycles. The number of hydrogen-bond acceptors (Lipinski definition) is 5. The summed E-state index contributed by atoms with van der Waals surface area (Å²) < 4.78 is 46.8. The lowest BCUT2D eigenvalue weighted by atomic mass is 10.2. The Bertz CT molecular complexity index is 305. The quantitative estimate of drug-likeness (QED) is 0.254. The lowest BCUT2D eigenvalue weighted by Crippen LogP contribution is -2.27. The Hall–Kier alpha value is -1.21. The summed E-state index contributed by atoms with van der Waals surface area (Å²) in [6.07, 6.45) is 0.523. The average Bonchev–Trinajstić information content (AvgIpc) is 2.36. The van der Waals surface area contributed by atoms with Crippen molar-refractivity contribution in [2.75, 3.05) is 33.7 Å². The number of alkyl halides is 2. The van der Waals surface area contributed by atoms with Gasteiger partial charge >= 0.3 is 11.9 Å². The SMILES string of the molecule is CC/C=C(\OCOCCOC)C(F)(F)CC(=O)OCC. The highest BCUT2D eigenvalue weighted by atomic mass is 19.3. The summed E-state index contributed by atoms with van der Waals surface area (Å²) in [5.74, 6) is -4.96. The minimum absolute atomic E-state index is 0.0583. The molecule has 7 heteroatoms. The third-order valence-electron chi connectivity index (χ3n) is 2.15. The molecule has 0 saturated heterocycles. The number of methoxy groups -OCH3 is 1. The molecule has 5 nitrogen and oxygen atoms in total. The molecule has 0 aliphatic heterocycles. The molecule has 0 spiro atoms. The first kappa shape index (κ1) is 18.8. The largest absolute Gasteiger partial charge is 0.466 e. The molecule has 0 bridgehead atoms. The normalized spacial score (nSPS) is 12.3. The summed E-state index contributed by atoms with van der Waals surface area (Å²) in [6, 6.07) is 0. The predicted molar refractivity (Wildman–Crippen MR) is 68.4 cm³/mol. The molecule has 0 aliphatic carbocycles. The van der Waals surface area contributed by atoms with E-state index in [0.717, 1.165) is 0 Å². The zero-order chi connectivity index (χ0) is 15.4. The van der Waals surface area contributed by atoms with Gasteiger partial charge < -0.3 is 18.9 Å². The minimum Gasteiger partial charge on any atom is -0.466 e. The first-order valence-electron chi connectivity index (χ1n) is 6.41. The summed E-state index contributed by atoms with van der Waals surface area (Å²) in [5.41, 5.74) is 0. The van der Waals surface area contributed by atoms with Crippen molar-refractivity contribution in [2.45, 2.75) is 32.6 Å². The highest BCUT2D eigenvalue weighted by molar-refractivity contribution is 5.70. The second-order valence-electron chi connectivity index (χ2n) is 3.83. The highest BCUT2D eigenvalue weighted by Gasteiger charge is 2.39. The van der Waals surface area contributed by atoms with Crippen LogP contribution in [0.4, 0.5) is 8.78 Å².